The van der Waals surface area contributed by atoms with Crippen molar-refractivity contribution in [3.8, 4) is 0 Å². The van der Waals surface area contributed by atoms with Gasteiger partial charge in [-0.1, -0.05) is 30.7 Å². The second-order valence-electron chi connectivity index (χ2n) is 4.80. The molecule has 0 bridgehead atoms. The Balaban J connectivity index is 2.35. The molecule has 2 aromatic rings. The van der Waals surface area contributed by atoms with Gasteiger partial charge in [0, 0.05) is 6.20 Å². The summed E-state index contributed by atoms with van der Waals surface area (Å²) < 4.78 is 13.8. The Labute approximate surface area is 124 Å². The van der Waals surface area contributed by atoms with Crippen molar-refractivity contribution < 1.29 is 4.39 Å². The number of hydrogen-bond acceptors (Lipinski definition) is 2. The smallest absolute Gasteiger partial charge is 0.126 e. The number of nitrogens with zero attached hydrogens (tertiary/aromatic N) is 1. The molecule has 2 rings (SSSR count). The highest BCUT2D eigenvalue weighted by molar-refractivity contribution is 6.30. The van der Waals surface area contributed by atoms with Gasteiger partial charge in [-0.15, -0.1) is 0 Å². The van der Waals surface area contributed by atoms with E-state index >= 15 is 0 Å². The first kappa shape index (κ1) is 14.9. The minimum absolute atomic E-state index is 0.123. The van der Waals surface area contributed by atoms with Crippen LogP contribution in [0.3, 0.4) is 0 Å². The molecule has 0 saturated carbocycles. The largest absolute Gasteiger partial charge is 0.305 e. The standard InChI is InChI=1S/C16H18ClFN2/c1-3-8-19-16(15-7-6-13(17)10-20-15)12-5-4-11(2)14(18)9-12/h4-7,9-10,16,19H,3,8H2,1-2H3. The third-order valence-corrected chi connectivity index (χ3v) is 3.40. The molecule has 0 amide bonds. The minimum Gasteiger partial charge on any atom is -0.305 e. The highest BCUT2D eigenvalue weighted by Gasteiger charge is 2.15. The van der Waals surface area contributed by atoms with Crippen LogP contribution in [0.15, 0.2) is 36.5 Å². The van der Waals surface area contributed by atoms with Gasteiger partial charge in [-0.05, 0) is 49.2 Å². The summed E-state index contributed by atoms with van der Waals surface area (Å²) in [5.74, 6) is -0.195. The van der Waals surface area contributed by atoms with Crippen LogP contribution in [0.2, 0.25) is 5.02 Å². The third-order valence-electron chi connectivity index (χ3n) is 3.17. The Kier molecular flexibility index (Phi) is 5.10. The van der Waals surface area contributed by atoms with Crippen molar-refractivity contribution in [2.24, 2.45) is 0 Å². The maximum atomic E-state index is 13.8. The lowest BCUT2D eigenvalue weighted by atomic mass is 10.0. The molecule has 0 radical (unpaired) electrons. The van der Waals surface area contributed by atoms with Gasteiger partial charge in [0.1, 0.15) is 5.82 Å². The van der Waals surface area contributed by atoms with Crippen LogP contribution in [0, 0.1) is 12.7 Å². The molecule has 106 valence electrons. The van der Waals surface area contributed by atoms with Gasteiger partial charge >= 0.3 is 0 Å². The normalized spacial score (nSPS) is 12.4. The second-order valence-corrected chi connectivity index (χ2v) is 5.23. The van der Waals surface area contributed by atoms with Crippen LogP contribution in [0.5, 0.6) is 0 Å². The fraction of sp³-hybridized carbons (Fsp3) is 0.312. The molecule has 1 N–H and O–H groups in total. The van der Waals surface area contributed by atoms with Crippen molar-refractivity contribution in [1.82, 2.24) is 10.3 Å². The van der Waals surface area contributed by atoms with Gasteiger partial charge < -0.3 is 5.32 Å². The highest BCUT2D eigenvalue weighted by atomic mass is 35.5. The van der Waals surface area contributed by atoms with E-state index in [-0.39, 0.29) is 11.9 Å². The van der Waals surface area contributed by atoms with Crippen LogP contribution in [-0.4, -0.2) is 11.5 Å². The number of hydrogen-bond donors (Lipinski definition) is 1. The van der Waals surface area contributed by atoms with Crippen molar-refractivity contribution in [1.29, 1.82) is 0 Å². The number of benzene rings is 1. The molecule has 1 unspecified atom stereocenters. The van der Waals surface area contributed by atoms with E-state index in [0.29, 0.717) is 10.6 Å². The molecular formula is C16H18ClFN2. The molecule has 0 aliphatic heterocycles. The van der Waals surface area contributed by atoms with Gasteiger partial charge in [-0.3, -0.25) is 4.98 Å². The van der Waals surface area contributed by atoms with Crippen molar-refractivity contribution in [2.45, 2.75) is 26.3 Å². The first-order valence-corrected chi connectivity index (χ1v) is 7.10. The van der Waals surface area contributed by atoms with Crippen LogP contribution in [0.1, 0.15) is 36.2 Å². The zero-order valence-electron chi connectivity index (χ0n) is 11.7. The molecule has 1 aromatic heterocycles. The summed E-state index contributed by atoms with van der Waals surface area (Å²) >= 11 is 5.87. The van der Waals surface area contributed by atoms with Crippen LogP contribution < -0.4 is 5.32 Å². The van der Waals surface area contributed by atoms with E-state index in [1.165, 1.54) is 0 Å². The molecule has 1 heterocycles. The Morgan fingerprint density at radius 1 is 1.30 bits per heavy atom. The summed E-state index contributed by atoms with van der Waals surface area (Å²) in [4.78, 5) is 4.34. The van der Waals surface area contributed by atoms with Crippen LogP contribution in [0.4, 0.5) is 4.39 Å². The molecule has 2 nitrogen and oxygen atoms in total. The fourth-order valence-corrected chi connectivity index (χ4v) is 2.14. The molecule has 0 spiro atoms. The molecule has 1 aromatic carbocycles. The van der Waals surface area contributed by atoms with E-state index < -0.39 is 0 Å². The molecular weight excluding hydrogens is 275 g/mol. The van der Waals surface area contributed by atoms with Gasteiger partial charge in [0.2, 0.25) is 0 Å². The molecule has 0 aliphatic carbocycles. The number of halogens is 2. The average Bonchev–Trinajstić information content (AvgIpc) is 2.45. The molecule has 0 aliphatic rings. The van der Waals surface area contributed by atoms with Gasteiger partial charge in [-0.25, -0.2) is 4.39 Å². The summed E-state index contributed by atoms with van der Waals surface area (Å²) in [5.41, 5.74) is 2.36. The van der Waals surface area contributed by atoms with E-state index in [0.717, 1.165) is 24.2 Å². The number of pyridine rings is 1. The molecule has 20 heavy (non-hydrogen) atoms. The number of rotatable bonds is 5. The Morgan fingerprint density at radius 2 is 2.10 bits per heavy atom. The second kappa shape index (κ2) is 6.82. The van der Waals surface area contributed by atoms with Gasteiger partial charge in [-0.2, -0.15) is 0 Å². The average molecular weight is 293 g/mol. The van der Waals surface area contributed by atoms with Gasteiger partial charge in [0.15, 0.2) is 0 Å². The molecule has 4 heteroatoms. The van der Waals surface area contributed by atoms with Crippen molar-refractivity contribution in [3.05, 3.63) is 64.2 Å². The van der Waals surface area contributed by atoms with Crippen LogP contribution >= 0.6 is 11.6 Å². The lowest BCUT2D eigenvalue weighted by molar-refractivity contribution is 0.574. The monoisotopic (exact) mass is 292 g/mol. The molecule has 0 saturated heterocycles. The quantitative estimate of drug-likeness (QED) is 0.890. The number of aromatic nitrogens is 1. The zero-order valence-corrected chi connectivity index (χ0v) is 12.4. The minimum atomic E-state index is -0.195. The first-order chi connectivity index (χ1) is 9.61. The Morgan fingerprint density at radius 3 is 2.70 bits per heavy atom. The maximum absolute atomic E-state index is 13.8. The van der Waals surface area contributed by atoms with E-state index in [1.54, 1.807) is 31.3 Å². The summed E-state index contributed by atoms with van der Waals surface area (Å²) in [6, 6.07) is 8.84. The first-order valence-electron chi connectivity index (χ1n) is 6.72. The molecule has 0 fully saturated rings. The van der Waals surface area contributed by atoms with Crippen LogP contribution in [0.25, 0.3) is 0 Å². The third kappa shape index (κ3) is 3.56. The topological polar surface area (TPSA) is 24.9 Å². The van der Waals surface area contributed by atoms with E-state index in [4.69, 9.17) is 11.6 Å². The van der Waals surface area contributed by atoms with E-state index in [1.807, 2.05) is 12.1 Å². The van der Waals surface area contributed by atoms with Crippen molar-refractivity contribution in [2.75, 3.05) is 6.54 Å². The van der Waals surface area contributed by atoms with Crippen molar-refractivity contribution in [3.63, 3.8) is 0 Å². The highest BCUT2D eigenvalue weighted by Crippen LogP contribution is 2.23. The summed E-state index contributed by atoms with van der Waals surface area (Å²) in [6.45, 7) is 4.69. The Hall–Kier alpha value is -1.45. The summed E-state index contributed by atoms with van der Waals surface area (Å²) in [7, 11) is 0. The lowest BCUT2D eigenvalue weighted by Crippen LogP contribution is -2.24. The fourth-order valence-electron chi connectivity index (χ4n) is 2.03. The maximum Gasteiger partial charge on any atom is 0.126 e. The zero-order chi connectivity index (χ0) is 14.5. The predicted molar refractivity (Wildman–Crippen MR) is 80.5 cm³/mol. The lowest BCUT2D eigenvalue weighted by Gasteiger charge is -2.19. The van der Waals surface area contributed by atoms with Gasteiger partial charge in [0.05, 0.1) is 16.8 Å². The summed E-state index contributed by atoms with van der Waals surface area (Å²) in [5, 5.41) is 3.99. The van der Waals surface area contributed by atoms with Crippen LogP contribution in [-0.2, 0) is 0 Å². The predicted octanol–water partition coefficient (Wildman–Crippen LogP) is 4.27. The van der Waals surface area contributed by atoms with E-state index in [9.17, 15) is 4.39 Å². The molecule has 1 atom stereocenters. The van der Waals surface area contributed by atoms with Crippen molar-refractivity contribution >= 4 is 11.6 Å². The summed E-state index contributed by atoms with van der Waals surface area (Å²) in [6.07, 6.45) is 2.61. The Bertz CT molecular complexity index is 569. The number of aryl methyl sites for hydroxylation is 1. The number of nitrogens with one attached hydrogen (secondary N) is 1. The van der Waals surface area contributed by atoms with E-state index in [2.05, 4.69) is 17.2 Å². The SMILES string of the molecule is CCCNC(c1ccc(C)c(F)c1)c1ccc(Cl)cn1. The van der Waals surface area contributed by atoms with Gasteiger partial charge in [0.25, 0.3) is 0 Å².